The van der Waals surface area contributed by atoms with E-state index < -0.39 is 0 Å². The van der Waals surface area contributed by atoms with Crippen LogP contribution < -0.4 is 5.43 Å². The molecule has 3 heterocycles. The van der Waals surface area contributed by atoms with Gasteiger partial charge in [-0.25, -0.2) is 5.43 Å². The van der Waals surface area contributed by atoms with Gasteiger partial charge in [0, 0.05) is 34.4 Å². The average molecular weight is 374 g/mol. The molecule has 0 saturated carbocycles. The zero-order chi connectivity index (χ0) is 18.5. The lowest BCUT2D eigenvalue weighted by Crippen LogP contribution is -2.17. The molecule has 1 aromatic carbocycles. The minimum absolute atomic E-state index is 0.309. The van der Waals surface area contributed by atoms with Crippen LogP contribution in [0.15, 0.2) is 92.7 Å². The van der Waals surface area contributed by atoms with E-state index in [9.17, 15) is 4.79 Å². The van der Waals surface area contributed by atoms with E-state index in [4.69, 9.17) is 4.42 Å². The molecular formula is C20H14N4O2S. The van der Waals surface area contributed by atoms with Crippen molar-refractivity contribution in [1.82, 2.24) is 15.4 Å². The van der Waals surface area contributed by atoms with E-state index in [1.54, 1.807) is 36.8 Å². The van der Waals surface area contributed by atoms with Gasteiger partial charge in [-0.1, -0.05) is 18.2 Å². The summed E-state index contributed by atoms with van der Waals surface area (Å²) in [6.07, 6.45) is 6.34. The third kappa shape index (κ3) is 4.04. The second kappa shape index (κ2) is 7.84. The summed E-state index contributed by atoms with van der Waals surface area (Å²) in [6.45, 7) is 0. The van der Waals surface area contributed by atoms with E-state index in [-0.39, 0.29) is 5.91 Å². The highest BCUT2D eigenvalue weighted by atomic mass is 32.2. The fraction of sp³-hybridized carbons (Fsp3) is 0. The number of benzene rings is 1. The van der Waals surface area contributed by atoms with Gasteiger partial charge in [0.1, 0.15) is 5.76 Å². The number of pyridine rings is 2. The van der Waals surface area contributed by atoms with Gasteiger partial charge in [0.25, 0.3) is 5.91 Å². The van der Waals surface area contributed by atoms with E-state index in [0.717, 1.165) is 20.9 Å². The quantitative estimate of drug-likeness (QED) is 0.419. The first-order valence-corrected chi connectivity index (χ1v) is 8.96. The summed E-state index contributed by atoms with van der Waals surface area (Å²) < 4.78 is 5.75. The van der Waals surface area contributed by atoms with Crippen LogP contribution in [0.4, 0.5) is 0 Å². The van der Waals surface area contributed by atoms with Crippen molar-refractivity contribution >= 4 is 34.8 Å². The molecule has 0 spiro atoms. The predicted molar refractivity (Wildman–Crippen MR) is 104 cm³/mol. The first-order valence-electron chi connectivity index (χ1n) is 8.14. The van der Waals surface area contributed by atoms with Crippen LogP contribution in [0.5, 0.6) is 0 Å². The lowest BCUT2D eigenvalue weighted by Gasteiger charge is -2.02. The Morgan fingerprint density at radius 3 is 2.78 bits per heavy atom. The van der Waals surface area contributed by atoms with Crippen molar-refractivity contribution in [2.75, 3.05) is 0 Å². The molecule has 132 valence electrons. The van der Waals surface area contributed by atoms with Crippen LogP contribution in [-0.2, 0) is 0 Å². The number of hydrazone groups is 1. The molecule has 0 aliphatic heterocycles. The predicted octanol–water partition coefficient (Wildman–Crippen LogP) is 4.14. The molecule has 4 rings (SSSR count). The maximum absolute atomic E-state index is 11.9. The van der Waals surface area contributed by atoms with E-state index in [1.165, 1.54) is 18.0 Å². The fourth-order valence-electron chi connectivity index (χ4n) is 2.45. The highest BCUT2D eigenvalue weighted by Gasteiger charge is 2.07. The summed E-state index contributed by atoms with van der Waals surface area (Å²) in [4.78, 5) is 21.2. The number of rotatable bonds is 5. The number of hydrogen-bond acceptors (Lipinski definition) is 6. The number of carbonyl (C=O) groups is 1. The molecule has 27 heavy (non-hydrogen) atoms. The zero-order valence-corrected chi connectivity index (χ0v) is 14.9. The number of nitrogens with zero attached hydrogens (tertiary/aromatic N) is 3. The number of carbonyl (C=O) groups excluding carboxylic acids is 1. The molecule has 0 aliphatic rings. The maximum atomic E-state index is 11.9. The summed E-state index contributed by atoms with van der Waals surface area (Å²) in [6, 6.07) is 16.9. The Morgan fingerprint density at radius 1 is 1.04 bits per heavy atom. The molecule has 3 aromatic heterocycles. The molecule has 7 heteroatoms. The van der Waals surface area contributed by atoms with Crippen LogP contribution >= 0.6 is 11.8 Å². The van der Waals surface area contributed by atoms with Crippen molar-refractivity contribution in [3.63, 3.8) is 0 Å². The number of fused-ring (bicyclic) bond motifs is 1. The van der Waals surface area contributed by atoms with Crippen LogP contribution in [0.3, 0.4) is 0 Å². The van der Waals surface area contributed by atoms with Gasteiger partial charge >= 0.3 is 0 Å². The Labute approximate surface area is 159 Å². The van der Waals surface area contributed by atoms with E-state index in [2.05, 4.69) is 20.5 Å². The minimum atomic E-state index is -0.309. The van der Waals surface area contributed by atoms with E-state index in [1.807, 2.05) is 36.4 Å². The second-order valence-electron chi connectivity index (χ2n) is 5.53. The SMILES string of the molecule is O=C(N/N=C\c1ccc(Sc2cccc3cccnc23)o1)c1ccncc1. The van der Waals surface area contributed by atoms with Gasteiger partial charge < -0.3 is 4.42 Å². The number of nitrogens with one attached hydrogen (secondary N) is 1. The summed E-state index contributed by atoms with van der Waals surface area (Å²) >= 11 is 1.49. The molecule has 0 aliphatic carbocycles. The standard InChI is InChI=1S/C20H14N4O2S/c25-20(15-8-11-21-12-9-15)24-23-13-16-6-7-18(26-16)27-17-5-1-3-14-4-2-10-22-19(14)17/h1-13H,(H,24,25)/b23-13-. The summed E-state index contributed by atoms with van der Waals surface area (Å²) in [5, 5.41) is 5.72. The Hall–Kier alpha value is -3.45. The topological polar surface area (TPSA) is 80.4 Å². The smallest absolute Gasteiger partial charge is 0.271 e. The van der Waals surface area contributed by atoms with Crippen LogP contribution in [0.25, 0.3) is 10.9 Å². The highest BCUT2D eigenvalue weighted by Crippen LogP contribution is 2.33. The monoisotopic (exact) mass is 374 g/mol. The Kier molecular flexibility index (Phi) is 4.93. The van der Waals surface area contributed by atoms with Gasteiger partial charge in [0.2, 0.25) is 0 Å². The third-order valence-electron chi connectivity index (χ3n) is 3.71. The van der Waals surface area contributed by atoms with Gasteiger partial charge in [-0.05, 0) is 48.2 Å². The zero-order valence-electron chi connectivity index (χ0n) is 14.1. The Morgan fingerprint density at radius 2 is 1.89 bits per heavy atom. The largest absolute Gasteiger partial charge is 0.448 e. The van der Waals surface area contributed by atoms with Crippen molar-refractivity contribution in [3.05, 3.63) is 84.5 Å². The number of furan rings is 1. The summed E-state index contributed by atoms with van der Waals surface area (Å²) in [7, 11) is 0. The van der Waals surface area contributed by atoms with Crippen molar-refractivity contribution in [1.29, 1.82) is 0 Å². The van der Waals surface area contributed by atoms with Gasteiger partial charge in [0.15, 0.2) is 5.09 Å². The molecule has 0 fully saturated rings. The van der Waals surface area contributed by atoms with Crippen LogP contribution in [0.1, 0.15) is 16.1 Å². The normalized spacial score (nSPS) is 11.1. The number of para-hydroxylation sites is 1. The van der Waals surface area contributed by atoms with E-state index in [0.29, 0.717) is 11.3 Å². The van der Waals surface area contributed by atoms with Crippen LogP contribution in [-0.4, -0.2) is 22.1 Å². The molecule has 0 atom stereocenters. The lowest BCUT2D eigenvalue weighted by molar-refractivity contribution is 0.0955. The van der Waals surface area contributed by atoms with Gasteiger partial charge in [-0.2, -0.15) is 5.10 Å². The summed E-state index contributed by atoms with van der Waals surface area (Å²) in [5.74, 6) is 0.234. The van der Waals surface area contributed by atoms with Crippen LogP contribution in [0.2, 0.25) is 0 Å². The van der Waals surface area contributed by atoms with Crippen LogP contribution in [0, 0.1) is 0 Å². The Bertz CT molecular complexity index is 1100. The molecule has 0 radical (unpaired) electrons. The molecule has 0 saturated heterocycles. The first kappa shape index (κ1) is 17.0. The number of hydrogen-bond donors (Lipinski definition) is 1. The molecule has 1 N–H and O–H groups in total. The van der Waals surface area contributed by atoms with Crippen molar-refractivity contribution in [2.24, 2.45) is 5.10 Å². The molecular weight excluding hydrogens is 360 g/mol. The highest BCUT2D eigenvalue weighted by molar-refractivity contribution is 7.99. The fourth-order valence-corrected chi connectivity index (χ4v) is 3.35. The average Bonchev–Trinajstić information content (AvgIpc) is 3.16. The number of aromatic nitrogens is 2. The van der Waals surface area contributed by atoms with E-state index >= 15 is 0 Å². The van der Waals surface area contributed by atoms with Gasteiger partial charge in [-0.15, -0.1) is 0 Å². The second-order valence-corrected chi connectivity index (χ2v) is 6.57. The number of amides is 1. The minimum Gasteiger partial charge on any atom is -0.448 e. The molecule has 0 unspecified atom stereocenters. The maximum Gasteiger partial charge on any atom is 0.271 e. The molecule has 6 nitrogen and oxygen atoms in total. The molecule has 4 aromatic rings. The van der Waals surface area contributed by atoms with Gasteiger partial charge in [-0.3, -0.25) is 14.8 Å². The molecule has 0 bridgehead atoms. The van der Waals surface area contributed by atoms with Crippen molar-refractivity contribution < 1.29 is 9.21 Å². The van der Waals surface area contributed by atoms with Crippen molar-refractivity contribution in [3.8, 4) is 0 Å². The van der Waals surface area contributed by atoms with Gasteiger partial charge in [0.05, 0.1) is 11.7 Å². The lowest BCUT2D eigenvalue weighted by atomic mass is 10.2. The first-order chi connectivity index (χ1) is 13.3. The third-order valence-corrected chi connectivity index (χ3v) is 4.68. The Balaban J connectivity index is 1.43. The van der Waals surface area contributed by atoms with Crippen molar-refractivity contribution in [2.45, 2.75) is 9.99 Å². The summed E-state index contributed by atoms with van der Waals surface area (Å²) in [5.41, 5.74) is 3.88. The molecule has 1 amide bonds.